The second-order valence-electron chi connectivity index (χ2n) is 4.57. The largest absolute Gasteiger partial charge is 0.497 e. The van der Waals surface area contributed by atoms with Gasteiger partial charge < -0.3 is 15.4 Å². The molecule has 0 spiro atoms. The minimum absolute atomic E-state index is 0.0740. The molecule has 0 atom stereocenters. The van der Waals surface area contributed by atoms with Gasteiger partial charge in [0, 0.05) is 25.1 Å². The van der Waals surface area contributed by atoms with E-state index in [2.05, 4.69) is 36.5 Å². The Morgan fingerprint density at radius 1 is 1.33 bits per heavy atom. The van der Waals surface area contributed by atoms with Gasteiger partial charge in [-0.2, -0.15) is 5.26 Å². The van der Waals surface area contributed by atoms with E-state index in [1.165, 1.54) is 6.20 Å². The molecule has 0 unspecified atom stereocenters. The lowest BCUT2D eigenvalue weighted by Gasteiger charge is -2.06. The van der Waals surface area contributed by atoms with Crippen LogP contribution in [0.1, 0.15) is 5.56 Å². The summed E-state index contributed by atoms with van der Waals surface area (Å²) in [5, 5.41) is 14.5. The number of ether oxygens (including phenoxy) is 1. The first-order chi connectivity index (χ1) is 11.6. The highest BCUT2D eigenvalue weighted by molar-refractivity contribution is 9.10. The van der Waals surface area contributed by atoms with Gasteiger partial charge >= 0.3 is 0 Å². The van der Waals surface area contributed by atoms with Crippen LogP contribution >= 0.6 is 15.9 Å². The first-order valence-corrected chi connectivity index (χ1v) is 7.67. The first kappa shape index (κ1) is 17.4. The molecule has 7 nitrogen and oxygen atoms in total. The Labute approximate surface area is 147 Å². The number of benzene rings is 1. The summed E-state index contributed by atoms with van der Waals surface area (Å²) in [6.45, 7) is 0.302. The molecular weight excluding hydrogens is 374 g/mol. The lowest BCUT2D eigenvalue weighted by atomic mass is 10.2. The zero-order valence-corrected chi connectivity index (χ0v) is 14.4. The number of aromatic nitrogens is 2. The molecule has 0 aliphatic carbocycles. The van der Waals surface area contributed by atoms with Crippen LogP contribution in [0.5, 0.6) is 5.75 Å². The van der Waals surface area contributed by atoms with Gasteiger partial charge in [-0.25, -0.2) is 9.97 Å². The van der Waals surface area contributed by atoms with Gasteiger partial charge in [0.1, 0.15) is 17.4 Å². The third-order valence-corrected chi connectivity index (χ3v) is 3.35. The van der Waals surface area contributed by atoms with Crippen LogP contribution in [0.2, 0.25) is 0 Å². The van der Waals surface area contributed by atoms with Gasteiger partial charge in [0.05, 0.1) is 11.6 Å². The van der Waals surface area contributed by atoms with Crippen LogP contribution in [-0.4, -0.2) is 23.0 Å². The summed E-state index contributed by atoms with van der Waals surface area (Å²) in [5.74, 6) is 0.535. The highest BCUT2D eigenvalue weighted by Gasteiger charge is 2.08. The summed E-state index contributed by atoms with van der Waals surface area (Å²) in [6.07, 6.45) is 4.38. The van der Waals surface area contributed by atoms with Crippen LogP contribution in [-0.2, 0) is 11.3 Å². The SMILES string of the molecule is COc1ccc(CNC(=O)/C(C#N)=C\Nc2ncc(Br)cn2)cc1. The predicted octanol–water partition coefficient (Wildman–Crippen LogP) is 2.38. The van der Waals surface area contributed by atoms with E-state index in [0.29, 0.717) is 6.54 Å². The molecule has 0 radical (unpaired) electrons. The second-order valence-corrected chi connectivity index (χ2v) is 5.49. The third kappa shape index (κ3) is 5.07. The summed E-state index contributed by atoms with van der Waals surface area (Å²) < 4.78 is 5.80. The van der Waals surface area contributed by atoms with E-state index in [9.17, 15) is 4.79 Å². The number of carbonyl (C=O) groups excluding carboxylic acids is 1. The molecule has 0 aliphatic rings. The maximum atomic E-state index is 12.0. The van der Waals surface area contributed by atoms with Crippen LogP contribution in [0.4, 0.5) is 5.95 Å². The lowest BCUT2D eigenvalue weighted by Crippen LogP contribution is -2.24. The van der Waals surface area contributed by atoms with Crippen molar-refractivity contribution in [1.29, 1.82) is 5.26 Å². The average Bonchev–Trinajstić information content (AvgIpc) is 2.62. The summed E-state index contributed by atoms with van der Waals surface area (Å²) >= 11 is 3.22. The van der Waals surface area contributed by atoms with Gasteiger partial charge in [-0.1, -0.05) is 12.1 Å². The number of nitrogens with zero attached hydrogens (tertiary/aromatic N) is 3. The van der Waals surface area contributed by atoms with Gasteiger partial charge in [-0.05, 0) is 33.6 Å². The van der Waals surface area contributed by atoms with E-state index < -0.39 is 5.91 Å². The van der Waals surface area contributed by atoms with Crippen molar-refractivity contribution in [3.05, 3.63) is 58.5 Å². The molecule has 0 bridgehead atoms. The third-order valence-electron chi connectivity index (χ3n) is 2.94. The molecule has 0 fully saturated rings. The summed E-state index contributed by atoms with van der Waals surface area (Å²) in [5.41, 5.74) is 0.820. The molecule has 8 heteroatoms. The molecule has 0 saturated carbocycles. The molecule has 1 amide bonds. The minimum atomic E-state index is -0.488. The van der Waals surface area contributed by atoms with Gasteiger partial charge in [0.15, 0.2) is 0 Å². The molecule has 1 heterocycles. The summed E-state index contributed by atoms with van der Waals surface area (Å²) in [4.78, 5) is 20.0. The van der Waals surface area contributed by atoms with Crippen molar-refractivity contribution < 1.29 is 9.53 Å². The van der Waals surface area contributed by atoms with Crippen molar-refractivity contribution in [2.24, 2.45) is 0 Å². The zero-order chi connectivity index (χ0) is 17.4. The van der Waals surface area contributed by atoms with E-state index in [0.717, 1.165) is 15.8 Å². The highest BCUT2D eigenvalue weighted by Crippen LogP contribution is 2.11. The standard InChI is InChI=1S/C16H14BrN5O2/c1-24-14-4-2-11(3-5-14)7-19-15(23)12(6-18)8-20-16-21-9-13(17)10-22-16/h2-5,8-10H,7H2,1H3,(H,19,23)(H,20,21,22)/b12-8-. The monoisotopic (exact) mass is 387 g/mol. The lowest BCUT2D eigenvalue weighted by molar-refractivity contribution is -0.117. The fourth-order valence-electron chi connectivity index (χ4n) is 1.69. The summed E-state index contributed by atoms with van der Waals surface area (Å²) in [6, 6.07) is 9.11. The molecule has 0 aliphatic heterocycles. The number of nitrogens with one attached hydrogen (secondary N) is 2. The molecule has 122 valence electrons. The zero-order valence-electron chi connectivity index (χ0n) is 12.8. The van der Waals surface area contributed by atoms with E-state index >= 15 is 0 Å². The molecule has 2 N–H and O–H groups in total. The Kier molecular flexibility index (Phi) is 6.28. The van der Waals surface area contributed by atoms with Crippen molar-refractivity contribution in [2.45, 2.75) is 6.54 Å². The van der Waals surface area contributed by atoms with E-state index in [1.807, 2.05) is 18.2 Å². The molecule has 0 saturated heterocycles. The Morgan fingerprint density at radius 3 is 2.58 bits per heavy atom. The normalized spacial score (nSPS) is 10.6. The topological polar surface area (TPSA) is 99.9 Å². The van der Waals surface area contributed by atoms with Crippen LogP contribution in [0.3, 0.4) is 0 Å². The van der Waals surface area contributed by atoms with E-state index in [-0.39, 0.29) is 11.5 Å². The van der Waals surface area contributed by atoms with Crippen LogP contribution in [0.15, 0.2) is 52.9 Å². The average molecular weight is 388 g/mol. The maximum Gasteiger partial charge on any atom is 0.263 e. The fourth-order valence-corrected chi connectivity index (χ4v) is 1.90. The second kappa shape index (κ2) is 8.64. The number of amides is 1. The van der Waals surface area contributed by atoms with E-state index in [4.69, 9.17) is 10.00 Å². The van der Waals surface area contributed by atoms with Crippen molar-refractivity contribution >= 4 is 27.8 Å². The number of halogens is 1. The van der Waals surface area contributed by atoms with Gasteiger partial charge in [0.2, 0.25) is 5.95 Å². The Morgan fingerprint density at radius 2 is 2.00 bits per heavy atom. The van der Waals surface area contributed by atoms with Crippen molar-refractivity contribution in [2.75, 3.05) is 12.4 Å². The molecule has 2 rings (SSSR count). The Hall–Kier alpha value is -2.92. The van der Waals surface area contributed by atoms with Crippen molar-refractivity contribution in [3.8, 4) is 11.8 Å². The quantitative estimate of drug-likeness (QED) is 0.582. The number of carbonyl (C=O) groups is 1. The van der Waals surface area contributed by atoms with Crippen molar-refractivity contribution in [3.63, 3.8) is 0 Å². The van der Waals surface area contributed by atoms with Crippen LogP contribution in [0, 0.1) is 11.3 Å². The smallest absolute Gasteiger partial charge is 0.263 e. The maximum absolute atomic E-state index is 12.0. The minimum Gasteiger partial charge on any atom is -0.497 e. The highest BCUT2D eigenvalue weighted by atomic mass is 79.9. The first-order valence-electron chi connectivity index (χ1n) is 6.88. The molecule has 24 heavy (non-hydrogen) atoms. The van der Waals surface area contributed by atoms with E-state index in [1.54, 1.807) is 31.6 Å². The van der Waals surface area contributed by atoms with Crippen LogP contribution in [0.25, 0.3) is 0 Å². The number of rotatable bonds is 6. The van der Waals surface area contributed by atoms with Crippen molar-refractivity contribution in [1.82, 2.24) is 15.3 Å². The van der Waals surface area contributed by atoms with Gasteiger partial charge in [-0.15, -0.1) is 0 Å². The molecule has 1 aromatic heterocycles. The van der Waals surface area contributed by atoms with Crippen LogP contribution < -0.4 is 15.4 Å². The predicted molar refractivity (Wildman–Crippen MR) is 91.9 cm³/mol. The molecular formula is C16H14BrN5O2. The number of methoxy groups -OCH3 is 1. The summed E-state index contributed by atoms with van der Waals surface area (Å²) in [7, 11) is 1.59. The number of hydrogen-bond donors (Lipinski definition) is 2. The number of hydrogen-bond acceptors (Lipinski definition) is 6. The number of anilines is 1. The molecule has 1 aromatic carbocycles. The Bertz CT molecular complexity index is 767. The van der Waals surface area contributed by atoms with Gasteiger partial charge in [0.25, 0.3) is 5.91 Å². The molecule has 2 aromatic rings. The Balaban J connectivity index is 1.93. The number of nitriles is 1. The van der Waals surface area contributed by atoms with Gasteiger partial charge in [-0.3, -0.25) is 4.79 Å². The fraction of sp³-hybridized carbons (Fsp3) is 0.125.